The van der Waals surface area contributed by atoms with E-state index in [1.54, 1.807) is 30.3 Å². The zero-order valence-electron chi connectivity index (χ0n) is 19.9. The first kappa shape index (κ1) is 24.6. The minimum Gasteiger partial charge on any atom is -0.490 e. The second kappa shape index (κ2) is 11.3. The molecule has 35 heavy (non-hydrogen) atoms. The second-order valence-corrected chi connectivity index (χ2v) is 8.70. The van der Waals surface area contributed by atoms with Gasteiger partial charge in [-0.1, -0.05) is 87.4 Å². The number of ether oxygens (including phenoxy) is 1. The van der Waals surface area contributed by atoms with Gasteiger partial charge in [0.25, 0.3) is 0 Å². The van der Waals surface area contributed by atoms with Crippen LogP contribution in [0, 0.1) is 17.5 Å². The topological polar surface area (TPSA) is 9.23 Å². The molecule has 0 N–H and O–H groups in total. The van der Waals surface area contributed by atoms with E-state index in [4.69, 9.17) is 4.74 Å². The molecule has 0 fully saturated rings. The molecule has 0 atom stereocenters. The van der Waals surface area contributed by atoms with Crippen LogP contribution in [0.25, 0.3) is 33.0 Å². The van der Waals surface area contributed by atoms with E-state index in [1.165, 1.54) is 37.0 Å². The average molecular weight is 475 g/mol. The number of aryl methyl sites for hydroxylation is 1. The van der Waals surface area contributed by atoms with Gasteiger partial charge in [0.1, 0.15) is 18.2 Å². The van der Waals surface area contributed by atoms with Crippen molar-refractivity contribution in [3.05, 3.63) is 102 Å². The number of benzene rings is 4. The molecule has 0 bridgehead atoms. The maximum Gasteiger partial charge on any atom is 0.170 e. The Labute approximate surface area is 204 Å². The molecule has 0 radical (unpaired) electrons. The fourth-order valence-corrected chi connectivity index (χ4v) is 4.41. The highest BCUT2D eigenvalue weighted by atomic mass is 19.2. The minimum atomic E-state index is -1.20. The van der Waals surface area contributed by atoms with E-state index in [-0.39, 0.29) is 11.1 Å². The third-order valence-electron chi connectivity index (χ3n) is 6.22. The molecule has 4 heteroatoms. The summed E-state index contributed by atoms with van der Waals surface area (Å²) >= 11 is 0. The first-order valence-corrected chi connectivity index (χ1v) is 12.1. The van der Waals surface area contributed by atoms with Crippen molar-refractivity contribution in [1.82, 2.24) is 0 Å². The molecule has 1 nitrogen and oxygen atoms in total. The Bertz CT molecular complexity index is 1330. The molecular weight excluding hydrogens is 445 g/mol. The van der Waals surface area contributed by atoms with Crippen LogP contribution in [0.15, 0.2) is 79.4 Å². The van der Waals surface area contributed by atoms with Gasteiger partial charge < -0.3 is 4.74 Å². The van der Waals surface area contributed by atoms with E-state index < -0.39 is 23.0 Å². The zero-order valence-corrected chi connectivity index (χ0v) is 19.9. The van der Waals surface area contributed by atoms with E-state index in [0.29, 0.717) is 17.9 Å². The van der Waals surface area contributed by atoms with Gasteiger partial charge in [-0.2, -0.15) is 0 Å². The van der Waals surface area contributed by atoms with Crippen LogP contribution in [-0.2, 0) is 6.42 Å². The predicted octanol–water partition coefficient (Wildman–Crippen LogP) is 9.28. The molecule has 0 unspecified atom stereocenters. The molecule has 180 valence electrons. The SMILES string of the molecule is C=CCOc1ccc(-c2c(F)cc(-c3cccc4cc(CCCCCC)ccc34)c(F)c2F)cc1. The lowest BCUT2D eigenvalue weighted by atomic mass is 9.93. The number of hydrogen-bond acceptors (Lipinski definition) is 1. The van der Waals surface area contributed by atoms with Crippen molar-refractivity contribution in [1.29, 1.82) is 0 Å². The third-order valence-corrected chi connectivity index (χ3v) is 6.22. The normalized spacial score (nSPS) is 11.1. The summed E-state index contributed by atoms with van der Waals surface area (Å²) in [5.41, 5.74) is 1.43. The summed E-state index contributed by atoms with van der Waals surface area (Å²) in [5.74, 6) is -2.55. The number of fused-ring (bicyclic) bond motifs is 1. The molecule has 0 saturated heterocycles. The lowest BCUT2D eigenvalue weighted by Crippen LogP contribution is -1.99. The van der Waals surface area contributed by atoms with Crippen LogP contribution < -0.4 is 4.74 Å². The smallest absolute Gasteiger partial charge is 0.170 e. The highest BCUT2D eigenvalue weighted by Gasteiger charge is 2.22. The van der Waals surface area contributed by atoms with Crippen molar-refractivity contribution in [2.45, 2.75) is 39.0 Å². The first-order chi connectivity index (χ1) is 17.0. The molecule has 4 aromatic carbocycles. The zero-order chi connectivity index (χ0) is 24.8. The Kier molecular flexibility index (Phi) is 7.91. The van der Waals surface area contributed by atoms with Gasteiger partial charge in [0, 0.05) is 5.56 Å². The van der Waals surface area contributed by atoms with Crippen molar-refractivity contribution < 1.29 is 17.9 Å². The average Bonchev–Trinajstić information content (AvgIpc) is 2.88. The van der Waals surface area contributed by atoms with E-state index in [1.807, 2.05) is 18.2 Å². The van der Waals surface area contributed by atoms with Gasteiger partial charge in [-0.25, -0.2) is 13.2 Å². The standard InChI is InChI=1S/C31H29F3O/c1-3-5-6-7-9-21-12-17-25-23(19-21)10-8-11-26(25)27-20-28(32)29(31(34)30(27)33)22-13-15-24(16-14-22)35-18-4-2/h4,8,10-17,19-20H,2-3,5-7,9,18H2,1H3. The fourth-order valence-electron chi connectivity index (χ4n) is 4.41. The van der Waals surface area contributed by atoms with Crippen LogP contribution in [0.1, 0.15) is 38.2 Å². The maximum absolute atomic E-state index is 15.3. The van der Waals surface area contributed by atoms with Crippen LogP contribution in [0.4, 0.5) is 13.2 Å². The van der Waals surface area contributed by atoms with Gasteiger partial charge in [0.05, 0.1) is 5.56 Å². The van der Waals surface area contributed by atoms with Crippen molar-refractivity contribution in [2.75, 3.05) is 6.61 Å². The van der Waals surface area contributed by atoms with Crippen LogP contribution in [0.3, 0.4) is 0 Å². The highest BCUT2D eigenvalue weighted by Crippen LogP contribution is 2.37. The quantitative estimate of drug-likeness (QED) is 0.126. The first-order valence-electron chi connectivity index (χ1n) is 12.1. The van der Waals surface area contributed by atoms with E-state index in [9.17, 15) is 0 Å². The van der Waals surface area contributed by atoms with Gasteiger partial charge in [0.15, 0.2) is 11.6 Å². The van der Waals surface area contributed by atoms with Gasteiger partial charge >= 0.3 is 0 Å². The van der Waals surface area contributed by atoms with Crippen molar-refractivity contribution in [3.8, 4) is 28.0 Å². The van der Waals surface area contributed by atoms with Crippen LogP contribution >= 0.6 is 0 Å². The molecule has 0 aliphatic carbocycles. The summed E-state index contributed by atoms with van der Waals surface area (Å²) in [7, 11) is 0. The maximum atomic E-state index is 15.3. The Morgan fingerprint density at radius 1 is 0.829 bits per heavy atom. The Morgan fingerprint density at radius 2 is 1.63 bits per heavy atom. The second-order valence-electron chi connectivity index (χ2n) is 8.70. The highest BCUT2D eigenvalue weighted by molar-refractivity contribution is 5.97. The Balaban J connectivity index is 1.69. The third kappa shape index (κ3) is 5.43. The number of unbranched alkanes of at least 4 members (excludes halogenated alkanes) is 3. The summed E-state index contributed by atoms with van der Waals surface area (Å²) in [5, 5.41) is 1.69. The van der Waals surface area contributed by atoms with E-state index in [2.05, 4.69) is 19.6 Å². The number of halogens is 3. The van der Waals surface area contributed by atoms with Gasteiger partial charge in [-0.3, -0.25) is 0 Å². The summed E-state index contributed by atoms with van der Waals surface area (Å²) in [6.07, 6.45) is 7.29. The van der Waals surface area contributed by atoms with Gasteiger partial charge in [-0.05, 0) is 58.5 Å². The molecule has 0 amide bonds. The molecule has 0 aliphatic rings. The van der Waals surface area contributed by atoms with Crippen molar-refractivity contribution in [2.24, 2.45) is 0 Å². The summed E-state index contributed by atoms with van der Waals surface area (Å²) in [6.45, 7) is 6.08. The van der Waals surface area contributed by atoms with Gasteiger partial charge in [0.2, 0.25) is 0 Å². The lowest BCUT2D eigenvalue weighted by Gasteiger charge is -2.14. The molecule has 4 rings (SSSR count). The molecule has 0 heterocycles. The van der Waals surface area contributed by atoms with Crippen LogP contribution in [0.2, 0.25) is 0 Å². The number of rotatable bonds is 10. The summed E-state index contributed by atoms with van der Waals surface area (Å²) < 4.78 is 51.1. The largest absolute Gasteiger partial charge is 0.490 e. The Hall–Kier alpha value is -3.53. The molecular formula is C31H29F3O. The molecule has 0 spiro atoms. The van der Waals surface area contributed by atoms with Crippen LogP contribution in [0.5, 0.6) is 5.75 Å². The molecule has 4 aromatic rings. The summed E-state index contributed by atoms with van der Waals surface area (Å²) in [4.78, 5) is 0. The van der Waals surface area contributed by atoms with Gasteiger partial charge in [-0.15, -0.1) is 0 Å². The fraction of sp³-hybridized carbons (Fsp3) is 0.226. The lowest BCUT2D eigenvalue weighted by molar-refractivity contribution is 0.363. The molecule has 0 aliphatic heterocycles. The van der Waals surface area contributed by atoms with E-state index >= 15 is 13.2 Å². The summed E-state index contributed by atoms with van der Waals surface area (Å²) in [6, 6.07) is 18.8. The predicted molar refractivity (Wildman–Crippen MR) is 138 cm³/mol. The Morgan fingerprint density at radius 3 is 2.37 bits per heavy atom. The minimum absolute atomic E-state index is 0.0871. The molecule has 0 aromatic heterocycles. The molecule has 0 saturated carbocycles. The van der Waals surface area contributed by atoms with E-state index in [0.717, 1.165) is 29.7 Å². The number of hydrogen-bond donors (Lipinski definition) is 0. The van der Waals surface area contributed by atoms with Crippen molar-refractivity contribution in [3.63, 3.8) is 0 Å². The van der Waals surface area contributed by atoms with Crippen LogP contribution in [-0.4, -0.2) is 6.61 Å². The van der Waals surface area contributed by atoms with Crippen molar-refractivity contribution >= 4 is 10.8 Å². The monoisotopic (exact) mass is 474 g/mol.